The van der Waals surface area contributed by atoms with Crippen molar-refractivity contribution in [2.24, 2.45) is 0 Å². The number of aryl methyl sites for hydroxylation is 3. The van der Waals surface area contributed by atoms with Gasteiger partial charge < -0.3 is 14.2 Å². The van der Waals surface area contributed by atoms with Gasteiger partial charge in [-0.25, -0.2) is 4.98 Å². The SMILES string of the molecule is Cc1ccc(OCCCCn2c([C@H]3CC(=O)N(c4cccc(C)c4)C3)nc3ccccc32)cc1. The van der Waals surface area contributed by atoms with E-state index in [9.17, 15) is 4.79 Å². The number of rotatable bonds is 8. The molecule has 5 rings (SSSR count). The summed E-state index contributed by atoms with van der Waals surface area (Å²) in [7, 11) is 0. The first-order valence-electron chi connectivity index (χ1n) is 12.1. The molecule has 1 aromatic heterocycles. The van der Waals surface area contributed by atoms with Crippen LogP contribution >= 0.6 is 0 Å². The van der Waals surface area contributed by atoms with E-state index in [1.54, 1.807) is 0 Å². The molecule has 1 fully saturated rings. The highest BCUT2D eigenvalue weighted by atomic mass is 16.5. The largest absolute Gasteiger partial charge is 0.494 e. The average Bonchev–Trinajstić information content (AvgIpc) is 3.40. The van der Waals surface area contributed by atoms with Crippen LogP contribution in [0.1, 0.15) is 42.1 Å². The number of anilines is 1. The van der Waals surface area contributed by atoms with Gasteiger partial charge in [0.1, 0.15) is 11.6 Å². The van der Waals surface area contributed by atoms with Gasteiger partial charge in [0.15, 0.2) is 0 Å². The molecule has 0 radical (unpaired) electrons. The van der Waals surface area contributed by atoms with Crippen molar-refractivity contribution in [2.75, 3.05) is 18.1 Å². The summed E-state index contributed by atoms with van der Waals surface area (Å²) in [6.07, 6.45) is 2.44. The lowest BCUT2D eigenvalue weighted by Gasteiger charge is -2.18. The van der Waals surface area contributed by atoms with Crippen molar-refractivity contribution in [3.05, 3.63) is 89.7 Å². The second-order valence-electron chi connectivity index (χ2n) is 9.22. The van der Waals surface area contributed by atoms with E-state index in [0.29, 0.717) is 19.6 Å². The highest BCUT2D eigenvalue weighted by Crippen LogP contribution is 2.33. The fourth-order valence-corrected chi connectivity index (χ4v) is 4.76. The van der Waals surface area contributed by atoms with Gasteiger partial charge in [0.25, 0.3) is 0 Å². The van der Waals surface area contributed by atoms with Gasteiger partial charge in [-0.1, -0.05) is 42.0 Å². The first-order valence-corrected chi connectivity index (χ1v) is 12.1. The predicted octanol–water partition coefficient (Wildman–Crippen LogP) is 6.03. The molecule has 0 N–H and O–H groups in total. The van der Waals surface area contributed by atoms with Crippen LogP contribution in [0.25, 0.3) is 11.0 Å². The van der Waals surface area contributed by atoms with Crippen LogP contribution in [0.5, 0.6) is 5.75 Å². The molecule has 5 nitrogen and oxygen atoms in total. The summed E-state index contributed by atoms with van der Waals surface area (Å²) in [5.74, 6) is 2.19. The molecule has 4 aromatic rings. The van der Waals surface area contributed by atoms with Crippen LogP contribution in [0, 0.1) is 13.8 Å². The Morgan fingerprint density at radius 2 is 1.76 bits per heavy atom. The fraction of sp³-hybridized carbons (Fsp3) is 0.310. The number of aromatic nitrogens is 2. The van der Waals surface area contributed by atoms with Crippen LogP contribution in [0.15, 0.2) is 72.8 Å². The molecule has 0 spiro atoms. The van der Waals surface area contributed by atoms with Crippen LogP contribution < -0.4 is 9.64 Å². The molecule has 1 aliphatic rings. The monoisotopic (exact) mass is 453 g/mol. The lowest BCUT2D eigenvalue weighted by molar-refractivity contribution is -0.117. The number of carbonyl (C=O) groups is 1. The molecular formula is C29H31N3O2. The van der Waals surface area contributed by atoms with Crippen LogP contribution in [0.2, 0.25) is 0 Å². The molecule has 1 aliphatic heterocycles. The maximum Gasteiger partial charge on any atom is 0.227 e. The second-order valence-corrected chi connectivity index (χ2v) is 9.22. The predicted molar refractivity (Wildman–Crippen MR) is 137 cm³/mol. The Labute approximate surface area is 201 Å². The first kappa shape index (κ1) is 22.2. The minimum Gasteiger partial charge on any atom is -0.494 e. The normalized spacial score (nSPS) is 15.9. The molecule has 3 aromatic carbocycles. The number of para-hydroxylation sites is 2. The Kier molecular flexibility index (Phi) is 6.35. The molecule has 0 bridgehead atoms. The van der Waals surface area contributed by atoms with Gasteiger partial charge in [-0.15, -0.1) is 0 Å². The van der Waals surface area contributed by atoms with Gasteiger partial charge in [0, 0.05) is 31.1 Å². The molecule has 34 heavy (non-hydrogen) atoms. The van der Waals surface area contributed by atoms with Gasteiger partial charge in [-0.05, 0) is 68.7 Å². The van der Waals surface area contributed by atoms with E-state index >= 15 is 0 Å². The van der Waals surface area contributed by atoms with E-state index in [4.69, 9.17) is 9.72 Å². The number of carbonyl (C=O) groups excluding carboxylic acids is 1. The summed E-state index contributed by atoms with van der Waals surface area (Å²) in [6.45, 7) is 6.36. The molecule has 1 saturated heterocycles. The third-order valence-corrected chi connectivity index (χ3v) is 6.55. The lowest BCUT2D eigenvalue weighted by Crippen LogP contribution is -2.24. The summed E-state index contributed by atoms with van der Waals surface area (Å²) in [6, 6.07) is 24.6. The van der Waals surface area contributed by atoms with Gasteiger partial charge in [0.05, 0.1) is 17.6 Å². The van der Waals surface area contributed by atoms with E-state index < -0.39 is 0 Å². The number of hydrogen-bond donors (Lipinski definition) is 0. The zero-order valence-corrected chi connectivity index (χ0v) is 19.9. The number of hydrogen-bond acceptors (Lipinski definition) is 3. The second kappa shape index (κ2) is 9.72. The molecule has 0 saturated carbocycles. The zero-order chi connectivity index (χ0) is 23.5. The summed E-state index contributed by atoms with van der Waals surface area (Å²) < 4.78 is 8.23. The van der Waals surface area contributed by atoms with Crippen molar-refractivity contribution in [2.45, 2.75) is 45.6 Å². The zero-order valence-electron chi connectivity index (χ0n) is 19.9. The van der Waals surface area contributed by atoms with Crippen molar-refractivity contribution < 1.29 is 9.53 Å². The quantitative estimate of drug-likeness (QED) is 0.306. The van der Waals surface area contributed by atoms with E-state index in [2.05, 4.69) is 60.9 Å². The Bertz CT molecular complexity index is 1290. The van der Waals surface area contributed by atoms with E-state index in [1.807, 2.05) is 35.2 Å². The van der Waals surface area contributed by atoms with Crippen molar-refractivity contribution >= 4 is 22.6 Å². The Morgan fingerprint density at radius 3 is 2.59 bits per heavy atom. The highest BCUT2D eigenvalue weighted by Gasteiger charge is 2.34. The van der Waals surface area contributed by atoms with E-state index in [1.165, 1.54) is 5.56 Å². The van der Waals surface area contributed by atoms with Crippen LogP contribution in [0.3, 0.4) is 0 Å². The van der Waals surface area contributed by atoms with Crippen molar-refractivity contribution in [3.8, 4) is 5.75 Å². The minimum atomic E-state index is 0.0872. The van der Waals surface area contributed by atoms with Gasteiger partial charge in [0.2, 0.25) is 5.91 Å². The Balaban J connectivity index is 1.29. The molecule has 5 heteroatoms. The molecule has 174 valence electrons. The summed E-state index contributed by atoms with van der Waals surface area (Å²) in [4.78, 5) is 19.8. The number of imidazole rings is 1. The molecule has 1 amide bonds. The lowest BCUT2D eigenvalue weighted by atomic mass is 10.1. The first-order chi connectivity index (χ1) is 16.6. The van der Waals surface area contributed by atoms with Crippen molar-refractivity contribution in [3.63, 3.8) is 0 Å². The van der Waals surface area contributed by atoms with Gasteiger partial charge >= 0.3 is 0 Å². The number of amides is 1. The molecule has 1 atom stereocenters. The highest BCUT2D eigenvalue weighted by molar-refractivity contribution is 5.96. The summed E-state index contributed by atoms with van der Waals surface area (Å²) in [5.41, 5.74) is 5.50. The van der Waals surface area contributed by atoms with Crippen LogP contribution in [0.4, 0.5) is 5.69 Å². The van der Waals surface area contributed by atoms with Gasteiger partial charge in [-0.2, -0.15) is 0 Å². The maximum atomic E-state index is 12.9. The summed E-state index contributed by atoms with van der Waals surface area (Å²) >= 11 is 0. The van der Waals surface area contributed by atoms with Crippen molar-refractivity contribution in [1.29, 1.82) is 0 Å². The molecule has 2 heterocycles. The van der Waals surface area contributed by atoms with Crippen LogP contribution in [-0.4, -0.2) is 28.6 Å². The van der Waals surface area contributed by atoms with Crippen molar-refractivity contribution in [1.82, 2.24) is 9.55 Å². The smallest absolute Gasteiger partial charge is 0.227 e. The number of benzene rings is 3. The minimum absolute atomic E-state index is 0.0872. The van der Waals surface area contributed by atoms with E-state index in [0.717, 1.165) is 53.2 Å². The number of ether oxygens (including phenoxy) is 1. The van der Waals surface area contributed by atoms with E-state index in [-0.39, 0.29) is 11.8 Å². The Hall–Kier alpha value is -3.60. The van der Waals surface area contributed by atoms with Crippen LogP contribution in [-0.2, 0) is 11.3 Å². The fourth-order valence-electron chi connectivity index (χ4n) is 4.76. The third kappa shape index (κ3) is 4.69. The Morgan fingerprint density at radius 1 is 0.941 bits per heavy atom. The molecule has 0 unspecified atom stereocenters. The summed E-state index contributed by atoms with van der Waals surface area (Å²) in [5, 5.41) is 0. The maximum absolute atomic E-state index is 12.9. The number of nitrogens with zero attached hydrogens (tertiary/aromatic N) is 3. The molecular weight excluding hydrogens is 422 g/mol. The topological polar surface area (TPSA) is 47.4 Å². The number of fused-ring (bicyclic) bond motifs is 1. The number of unbranched alkanes of at least 4 members (excludes halogenated alkanes) is 1. The molecule has 0 aliphatic carbocycles. The third-order valence-electron chi connectivity index (χ3n) is 6.55. The van der Waals surface area contributed by atoms with Gasteiger partial charge in [-0.3, -0.25) is 4.79 Å². The standard InChI is InChI=1S/C29H31N3O2/c1-21-12-14-25(15-13-21)34-17-6-5-16-31-27-11-4-3-10-26(27)30-29(31)23-19-28(33)32(20-23)24-9-7-8-22(2)18-24/h3-4,7-15,18,23H,5-6,16-17,19-20H2,1-2H3/t23-/m0/s1. The average molecular weight is 454 g/mol.